The first-order valence-electron chi connectivity index (χ1n) is 8.05. The minimum absolute atomic E-state index is 0.118. The maximum atomic E-state index is 12.8. The summed E-state index contributed by atoms with van der Waals surface area (Å²) in [6.07, 6.45) is -2.90. The summed E-state index contributed by atoms with van der Waals surface area (Å²) in [6, 6.07) is 13.3. The van der Waals surface area contributed by atoms with E-state index in [9.17, 15) is 13.2 Å². The molecular weight excluding hydrogens is 369 g/mol. The first-order valence-corrected chi connectivity index (χ1v) is 8.05. The summed E-state index contributed by atoms with van der Waals surface area (Å²) in [5.41, 5.74) is 7.62. The fraction of sp³-hybridized carbons (Fsp3) is 0.0526. The number of aromatic nitrogens is 4. The van der Waals surface area contributed by atoms with Crippen LogP contribution in [0.4, 0.5) is 19.0 Å². The van der Waals surface area contributed by atoms with Crippen LogP contribution in [-0.4, -0.2) is 19.5 Å². The normalized spacial score (nSPS) is 11.5. The molecule has 0 saturated heterocycles. The van der Waals surface area contributed by atoms with Crippen molar-refractivity contribution in [3.05, 3.63) is 66.0 Å². The van der Waals surface area contributed by atoms with E-state index in [0.717, 1.165) is 12.1 Å². The number of nitrogen functional groups attached to an aromatic ring is 1. The molecule has 0 saturated carbocycles. The van der Waals surface area contributed by atoms with Crippen LogP contribution in [0.25, 0.3) is 28.2 Å². The highest BCUT2D eigenvalue weighted by Gasteiger charge is 2.30. The quantitative estimate of drug-likeness (QED) is 0.568. The van der Waals surface area contributed by atoms with Gasteiger partial charge in [-0.3, -0.25) is 4.57 Å². The van der Waals surface area contributed by atoms with Gasteiger partial charge in [-0.25, -0.2) is 15.0 Å². The number of fused-ring (bicyclic) bond motifs is 1. The second kappa shape index (κ2) is 6.35. The van der Waals surface area contributed by atoms with Gasteiger partial charge in [0.15, 0.2) is 22.8 Å². The van der Waals surface area contributed by atoms with Crippen molar-refractivity contribution in [2.24, 2.45) is 0 Å². The van der Waals surface area contributed by atoms with Crippen LogP contribution in [0.5, 0.6) is 0 Å². The van der Waals surface area contributed by atoms with E-state index in [2.05, 4.69) is 15.0 Å². The molecule has 0 unspecified atom stereocenters. The number of halogens is 3. The molecule has 0 bridgehead atoms. The van der Waals surface area contributed by atoms with Gasteiger partial charge >= 0.3 is 6.18 Å². The number of benzene rings is 2. The van der Waals surface area contributed by atoms with Gasteiger partial charge < -0.3 is 5.73 Å². The third-order valence-corrected chi connectivity index (χ3v) is 4.17. The highest BCUT2D eigenvalue weighted by atomic mass is 19.4. The Morgan fingerprint density at radius 3 is 2.25 bits per heavy atom. The fourth-order valence-electron chi connectivity index (χ4n) is 2.74. The van der Waals surface area contributed by atoms with Gasteiger partial charge in [0.2, 0.25) is 0 Å². The number of hydrogen-bond acceptors (Lipinski definition) is 5. The Morgan fingerprint density at radius 2 is 1.64 bits per heavy atom. The van der Waals surface area contributed by atoms with Crippen molar-refractivity contribution in [1.82, 2.24) is 19.5 Å². The number of anilines is 1. The van der Waals surface area contributed by atoms with Crippen LogP contribution in [-0.2, 0) is 6.18 Å². The van der Waals surface area contributed by atoms with Crippen LogP contribution in [0.15, 0.2) is 54.9 Å². The molecule has 4 aromatic rings. The molecule has 0 aliphatic heterocycles. The lowest BCUT2D eigenvalue weighted by molar-refractivity contribution is -0.137. The number of alkyl halides is 3. The molecule has 0 radical (unpaired) electrons. The highest BCUT2D eigenvalue weighted by molar-refractivity contribution is 5.85. The molecule has 2 N–H and O–H groups in total. The minimum Gasteiger partial charge on any atom is -0.382 e. The number of imidazole rings is 1. The van der Waals surface area contributed by atoms with Crippen molar-refractivity contribution < 1.29 is 13.2 Å². The molecule has 2 aromatic carbocycles. The summed E-state index contributed by atoms with van der Waals surface area (Å²) in [7, 11) is 0. The van der Waals surface area contributed by atoms with Gasteiger partial charge in [0.1, 0.15) is 6.33 Å². The van der Waals surface area contributed by atoms with E-state index >= 15 is 0 Å². The van der Waals surface area contributed by atoms with E-state index in [-0.39, 0.29) is 11.6 Å². The maximum absolute atomic E-state index is 12.8. The lowest BCUT2D eigenvalue weighted by Crippen LogP contribution is -2.04. The number of rotatable bonds is 2. The molecule has 0 fully saturated rings. The molecule has 6 nitrogen and oxygen atoms in total. The molecule has 0 amide bonds. The predicted octanol–water partition coefficient (Wildman–Crippen LogP) is 3.96. The summed E-state index contributed by atoms with van der Waals surface area (Å²) >= 11 is 0. The number of nitriles is 1. The van der Waals surface area contributed by atoms with E-state index in [4.69, 9.17) is 11.0 Å². The monoisotopic (exact) mass is 380 g/mol. The van der Waals surface area contributed by atoms with E-state index in [0.29, 0.717) is 28.0 Å². The number of nitrogens with two attached hydrogens (primary N) is 1. The van der Waals surface area contributed by atoms with Crippen LogP contribution >= 0.6 is 0 Å². The first-order chi connectivity index (χ1) is 13.4. The largest absolute Gasteiger partial charge is 0.416 e. The summed E-state index contributed by atoms with van der Waals surface area (Å²) in [5.74, 6) is 0.307. The van der Waals surface area contributed by atoms with Gasteiger partial charge in [0, 0.05) is 11.3 Å². The predicted molar refractivity (Wildman–Crippen MR) is 96.2 cm³/mol. The van der Waals surface area contributed by atoms with Crippen molar-refractivity contribution in [3.8, 4) is 23.1 Å². The Morgan fingerprint density at radius 1 is 0.964 bits per heavy atom. The number of nitrogens with zero attached hydrogens (tertiary/aromatic N) is 5. The van der Waals surface area contributed by atoms with E-state index in [1.807, 2.05) is 6.07 Å². The third-order valence-electron chi connectivity index (χ3n) is 4.17. The standard InChI is InChI=1S/C19H11F3N6/c20-19(21,22)13-5-3-12(4-6-13)17-26-16(24)15-18(27-17)28(10-25-15)14-7-1-11(9-23)2-8-14/h1-8,10H,(H2,24,26,27). The van der Waals surface area contributed by atoms with E-state index in [1.165, 1.54) is 18.5 Å². The fourth-order valence-corrected chi connectivity index (χ4v) is 2.74. The Balaban J connectivity index is 1.82. The average Bonchev–Trinajstić information content (AvgIpc) is 3.12. The molecule has 138 valence electrons. The molecule has 2 aromatic heterocycles. The van der Waals surface area contributed by atoms with Gasteiger partial charge in [-0.05, 0) is 36.4 Å². The van der Waals surface area contributed by atoms with Crippen molar-refractivity contribution in [2.45, 2.75) is 6.18 Å². The van der Waals surface area contributed by atoms with Crippen molar-refractivity contribution >= 4 is 17.0 Å². The second-order valence-corrected chi connectivity index (χ2v) is 5.95. The lowest BCUT2D eigenvalue weighted by atomic mass is 10.1. The summed E-state index contributed by atoms with van der Waals surface area (Å²) < 4.78 is 40.0. The topological polar surface area (TPSA) is 93.4 Å². The van der Waals surface area contributed by atoms with Crippen LogP contribution in [0.1, 0.15) is 11.1 Å². The summed E-state index contributed by atoms with van der Waals surface area (Å²) in [5, 5.41) is 8.92. The minimum atomic E-state index is -4.42. The van der Waals surface area contributed by atoms with E-state index < -0.39 is 11.7 Å². The Labute approximate surface area is 156 Å². The van der Waals surface area contributed by atoms with Crippen molar-refractivity contribution in [1.29, 1.82) is 5.26 Å². The molecule has 0 aliphatic carbocycles. The molecule has 0 spiro atoms. The molecular formula is C19H11F3N6. The summed E-state index contributed by atoms with van der Waals surface area (Å²) in [4.78, 5) is 12.8. The summed E-state index contributed by atoms with van der Waals surface area (Å²) in [6.45, 7) is 0. The van der Waals surface area contributed by atoms with Crippen LogP contribution in [0.2, 0.25) is 0 Å². The maximum Gasteiger partial charge on any atom is 0.416 e. The molecule has 9 heteroatoms. The van der Waals surface area contributed by atoms with Crippen molar-refractivity contribution in [3.63, 3.8) is 0 Å². The second-order valence-electron chi connectivity index (χ2n) is 5.95. The zero-order valence-electron chi connectivity index (χ0n) is 14.1. The van der Waals surface area contributed by atoms with E-state index in [1.54, 1.807) is 28.8 Å². The average molecular weight is 380 g/mol. The highest BCUT2D eigenvalue weighted by Crippen LogP contribution is 2.31. The number of hydrogen-bond donors (Lipinski definition) is 1. The smallest absolute Gasteiger partial charge is 0.382 e. The first kappa shape index (κ1) is 17.5. The van der Waals surface area contributed by atoms with Gasteiger partial charge in [-0.1, -0.05) is 12.1 Å². The molecule has 2 heterocycles. The Kier molecular flexibility index (Phi) is 3.96. The van der Waals surface area contributed by atoms with Gasteiger partial charge in [0.25, 0.3) is 0 Å². The molecule has 0 atom stereocenters. The Hall–Kier alpha value is -3.93. The van der Waals surface area contributed by atoms with Gasteiger partial charge in [0.05, 0.1) is 17.2 Å². The lowest BCUT2D eigenvalue weighted by Gasteiger charge is -2.08. The Bertz CT molecular complexity index is 1200. The van der Waals surface area contributed by atoms with Crippen LogP contribution in [0.3, 0.4) is 0 Å². The zero-order valence-corrected chi connectivity index (χ0v) is 14.1. The van der Waals surface area contributed by atoms with Crippen LogP contribution in [0, 0.1) is 11.3 Å². The third kappa shape index (κ3) is 3.01. The molecule has 0 aliphatic rings. The molecule has 4 rings (SSSR count). The SMILES string of the molecule is N#Cc1ccc(-n2cnc3c(N)nc(-c4ccc(C(F)(F)F)cc4)nc32)cc1. The van der Waals surface area contributed by atoms with Crippen LogP contribution < -0.4 is 5.73 Å². The van der Waals surface area contributed by atoms with Gasteiger partial charge in [-0.2, -0.15) is 18.4 Å². The zero-order chi connectivity index (χ0) is 19.9. The van der Waals surface area contributed by atoms with Crippen molar-refractivity contribution in [2.75, 3.05) is 5.73 Å². The molecule has 28 heavy (non-hydrogen) atoms. The van der Waals surface area contributed by atoms with Gasteiger partial charge in [-0.15, -0.1) is 0 Å².